The van der Waals surface area contributed by atoms with Crippen LogP contribution in [0.15, 0.2) is 30.3 Å². The first kappa shape index (κ1) is 11.3. The second kappa shape index (κ2) is 4.01. The Bertz CT molecular complexity index is 557. The molecule has 2 aromatic rings. The molecule has 17 heavy (non-hydrogen) atoms. The Kier molecular flexibility index (Phi) is 2.68. The Morgan fingerprint density at radius 3 is 1.94 bits per heavy atom. The molecule has 0 aliphatic carbocycles. The molecule has 0 bridgehead atoms. The summed E-state index contributed by atoms with van der Waals surface area (Å²) < 4.78 is 0. The van der Waals surface area contributed by atoms with Crippen LogP contribution in [0.4, 0.5) is 0 Å². The molecular formula is C14H14O3. The van der Waals surface area contributed by atoms with Crippen molar-refractivity contribution in [1.29, 1.82) is 0 Å². The van der Waals surface area contributed by atoms with E-state index in [9.17, 15) is 15.3 Å². The van der Waals surface area contributed by atoms with E-state index in [0.717, 1.165) is 11.1 Å². The number of phenolic OH excluding ortho intramolecular Hbond substituents is 3. The first-order valence-electron chi connectivity index (χ1n) is 5.32. The summed E-state index contributed by atoms with van der Waals surface area (Å²) in [6.07, 6.45) is 0. The van der Waals surface area contributed by atoms with Crippen molar-refractivity contribution in [2.45, 2.75) is 13.8 Å². The molecule has 0 spiro atoms. The molecule has 0 saturated carbocycles. The van der Waals surface area contributed by atoms with Gasteiger partial charge in [0, 0.05) is 5.56 Å². The monoisotopic (exact) mass is 230 g/mol. The van der Waals surface area contributed by atoms with Gasteiger partial charge in [-0.05, 0) is 31.0 Å². The third-order valence-corrected chi connectivity index (χ3v) is 2.80. The van der Waals surface area contributed by atoms with Gasteiger partial charge in [-0.25, -0.2) is 0 Å². The molecule has 0 aliphatic heterocycles. The van der Waals surface area contributed by atoms with Crippen molar-refractivity contribution in [2.75, 3.05) is 0 Å². The molecule has 3 heteroatoms. The van der Waals surface area contributed by atoms with Crippen LogP contribution < -0.4 is 0 Å². The van der Waals surface area contributed by atoms with Gasteiger partial charge in [0.25, 0.3) is 0 Å². The molecule has 2 rings (SSSR count). The van der Waals surface area contributed by atoms with E-state index < -0.39 is 5.75 Å². The number of hydrogen-bond donors (Lipinski definition) is 3. The SMILES string of the molecule is Cc1ccc(-c2cc(C)c(O)c(O)c2O)cc1. The highest BCUT2D eigenvalue weighted by Crippen LogP contribution is 2.44. The zero-order valence-electron chi connectivity index (χ0n) is 9.73. The van der Waals surface area contributed by atoms with E-state index in [4.69, 9.17) is 0 Å². The molecule has 2 aromatic carbocycles. The second-order valence-corrected chi connectivity index (χ2v) is 4.15. The fourth-order valence-corrected chi connectivity index (χ4v) is 1.73. The highest BCUT2D eigenvalue weighted by atomic mass is 16.3. The minimum absolute atomic E-state index is 0.279. The van der Waals surface area contributed by atoms with Crippen LogP contribution >= 0.6 is 0 Å². The standard InChI is InChI=1S/C14H14O3/c1-8-3-5-10(6-4-8)11-7-9(2)12(15)14(17)13(11)16/h3-7,15-17H,1-2H3. The van der Waals surface area contributed by atoms with Crippen LogP contribution in [0.2, 0.25) is 0 Å². The van der Waals surface area contributed by atoms with Crippen LogP contribution in [0.5, 0.6) is 17.2 Å². The molecule has 88 valence electrons. The average Bonchev–Trinajstić information content (AvgIpc) is 2.32. The van der Waals surface area contributed by atoms with Gasteiger partial charge in [0.05, 0.1) is 0 Å². The Hall–Kier alpha value is -2.16. The van der Waals surface area contributed by atoms with Gasteiger partial charge in [-0.3, -0.25) is 0 Å². The lowest BCUT2D eigenvalue weighted by Crippen LogP contribution is -1.84. The Morgan fingerprint density at radius 2 is 1.35 bits per heavy atom. The number of aromatic hydroxyl groups is 3. The summed E-state index contributed by atoms with van der Waals surface area (Å²) in [4.78, 5) is 0. The van der Waals surface area contributed by atoms with Crippen LogP contribution in [0, 0.1) is 13.8 Å². The second-order valence-electron chi connectivity index (χ2n) is 4.15. The Labute approximate surface area is 99.6 Å². The summed E-state index contributed by atoms with van der Waals surface area (Å²) in [6.45, 7) is 3.65. The van der Waals surface area contributed by atoms with Crippen molar-refractivity contribution in [3.05, 3.63) is 41.5 Å². The van der Waals surface area contributed by atoms with Gasteiger partial charge in [0.2, 0.25) is 5.75 Å². The van der Waals surface area contributed by atoms with Crippen molar-refractivity contribution < 1.29 is 15.3 Å². The number of aryl methyl sites for hydroxylation is 2. The zero-order chi connectivity index (χ0) is 12.6. The Balaban J connectivity index is 2.64. The van der Waals surface area contributed by atoms with Gasteiger partial charge in [-0.1, -0.05) is 29.8 Å². The normalized spacial score (nSPS) is 10.5. The Morgan fingerprint density at radius 1 is 0.765 bits per heavy atom. The number of hydrogen-bond acceptors (Lipinski definition) is 3. The average molecular weight is 230 g/mol. The van der Waals surface area contributed by atoms with E-state index in [1.807, 2.05) is 31.2 Å². The molecule has 0 heterocycles. The van der Waals surface area contributed by atoms with Gasteiger partial charge in [-0.15, -0.1) is 0 Å². The highest BCUT2D eigenvalue weighted by Gasteiger charge is 2.15. The summed E-state index contributed by atoms with van der Waals surface area (Å²) >= 11 is 0. The van der Waals surface area contributed by atoms with Crippen molar-refractivity contribution in [3.8, 4) is 28.4 Å². The molecule has 0 saturated heterocycles. The fourth-order valence-electron chi connectivity index (χ4n) is 1.73. The van der Waals surface area contributed by atoms with Crippen LogP contribution in [0.25, 0.3) is 11.1 Å². The summed E-state index contributed by atoms with van der Waals surface area (Å²) in [5, 5.41) is 28.9. The predicted octanol–water partition coefficient (Wildman–Crippen LogP) is 3.09. The van der Waals surface area contributed by atoms with E-state index in [0.29, 0.717) is 11.1 Å². The number of phenols is 3. The minimum atomic E-state index is -0.472. The molecule has 3 nitrogen and oxygen atoms in total. The lowest BCUT2D eigenvalue weighted by Gasteiger charge is -2.10. The summed E-state index contributed by atoms with van der Waals surface area (Å²) in [6, 6.07) is 9.22. The van der Waals surface area contributed by atoms with Crippen LogP contribution in [-0.2, 0) is 0 Å². The lowest BCUT2D eigenvalue weighted by molar-refractivity contribution is 0.367. The van der Waals surface area contributed by atoms with Gasteiger partial charge >= 0.3 is 0 Å². The van der Waals surface area contributed by atoms with Crippen molar-refractivity contribution >= 4 is 0 Å². The third kappa shape index (κ3) is 1.91. The van der Waals surface area contributed by atoms with Gasteiger partial charge in [0.15, 0.2) is 11.5 Å². The predicted molar refractivity (Wildman–Crippen MR) is 66.3 cm³/mol. The molecule has 0 atom stereocenters. The first-order valence-corrected chi connectivity index (χ1v) is 5.32. The lowest BCUT2D eigenvalue weighted by atomic mass is 10.00. The van der Waals surface area contributed by atoms with E-state index >= 15 is 0 Å². The fraction of sp³-hybridized carbons (Fsp3) is 0.143. The van der Waals surface area contributed by atoms with Gasteiger partial charge in [-0.2, -0.15) is 0 Å². The minimum Gasteiger partial charge on any atom is -0.504 e. The number of rotatable bonds is 1. The maximum Gasteiger partial charge on any atom is 0.201 e. The molecule has 0 aliphatic rings. The smallest absolute Gasteiger partial charge is 0.201 e. The quantitative estimate of drug-likeness (QED) is 0.660. The molecule has 0 aromatic heterocycles. The van der Waals surface area contributed by atoms with Crippen LogP contribution in [0.3, 0.4) is 0 Å². The molecule has 0 unspecified atom stereocenters. The highest BCUT2D eigenvalue weighted by molar-refractivity contribution is 5.76. The van der Waals surface area contributed by atoms with Crippen molar-refractivity contribution in [3.63, 3.8) is 0 Å². The largest absolute Gasteiger partial charge is 0.504 e. The topological polar surface area (TPSA) is 60.7 Å². The maximum atomic E-state index is 9.82. The third-order valence-electron chi connectivity index (χ3n) is 2.80. The molecule has 0 amide bonds. The van der Waals surface area contributed by atoms with Crippen molar-refractivity contribution in [2.24, 2.45) is 0 Å². The molecule has 3 N–H and O–H groups in total. The van der Waals surface area contributed by atoms with E-state index in [2.05, 4.69) is 0 Å². The number of benzene rings is 2. The van der Waals surface area contributed by atoms with Crippen molar-refractivity contribution in [1.82, 2.24) is 0 Å². The van der Waals surface area contributed by atoms with Crippen LogP contribution in [0.1, 0.15) is 11.1 Å². The van der Waals surface area contributed by atoms with Gasteiger partial charge < -0.3 is 15.3 Å². The first-order chi connectivity index (χ1) is 8.00. The molecule has 0 radical (unpaired) electrons. The summed E-state index contributed by atoms with van der Waals surface area (Å²) in [5.41, 5.74) is 2.95. The zero-order valence-corrected chi connectivity index (χ0v) is 9.73. The molecule has 0 fully saturated rings. The van der Waals surface area contributed by atoms with E-state index in [1.54, 1.807) is 13.0 Å². The maximum absolute atomic E-state index is 9.82. The van der Waals surface area contributed by atoms with E-state index in [-0.39, 0.29) is 11.5 Å². The van der Waals surface area contributed by atoms with E-state index in [1.165, 1.54) is 0 Å². The molecular weight excluding hydrogens is 216 g/mol. The van der Waals surface area contributed by atoms with Crippen LogP contribution in [-0.4, -0.2) is 15.3 Å². The summed E-state index contributed by atoms with van der Waals surface area (Å²) in [7, 11) is 0. The van der Waals surface area contributed by atoms with Gasteiger partial charge in [0.1, 0.15) is 0 Å². The summed E-state index contributed by atoms with van der Waals surface area (Å²) in [5.74, 6) is -1.05.